The summed E-state index contributed by atoms with van der Waals surface area (Å²) in [5.41, 5.74) is 1.04. The largest absolute Gasteiger partial charge is 0.461 e. The Labute approximate surface area is 144 Å². The average molecular weight is 360 g/mol. The average Bonchev–Trinajstić information content (AvgIpc) is 2.65. The highest BCUT2D eigenvalue weighted by atomic mass is 35.5. The van der Waals surface area contributed by atoms with Crippen LogP contribution in [0.5, 0.6) is 5.75 Å². The lowest BCUT2D eigenvalue weighted by molar-refractivity contribution is -0.223. The van der Waals surface area contributed by atoms with Gasteiger partial charge < -0.3 is 9.47 Å². The van der Waals surface area contributed by atoms with E-state index < -0.39 is 17.1 Å². The predicted molar refractivity (Wildman–Crippen MR) is 89.4 cm³/mol. The molecule has 5 nitrogen and oxygen atoms in total. The molecule has 2 atom stereocenters. The van der Waals surface area contributed by atoms with Crippen molar-refractivity contribution in [3.63, 3.8) is 0 Å². The Morgan fingerprint density at radius 2 is 2.13 bits per heavy atom. The van der Waals surface area contributed by atoms with Crippen LogP contribution < -0.4 is 9.88 Å². The molecule has 0 bridgehead atoms. The van der Waals surface area contributed by atoms with Crippen LogP contribution >= 0.6 is 11.6 Å². The lowest BCUT2D eigenvalue weighted by atomic mass is 9.93. The second kappa shape index (κ2) is 7.49. The topological polar surface area (TPSA) is 70.8 Å². The first-order valence-electron chi connectivity index (χ1n) is 8.02. The van der Waals surface area contributed by atoms with Gasteiger partial charge in [-0.25, -0.2) is 9.35 Å². The summed E-state index contributed by atoms with van der Waals surface area (Å²) in [6.07, 6.45) is 6.31. The van der Waals surface area contributed by atoms with Gasteiger partial charge in [0, 0.05) is 19.3 Å². The second-order valence-corrected chi connectivity index (χ2v) is 7.28. The zero-order valence-electron chi connectivity index (χ0n) is 13.0. The molecule has 2 N–H and O–H groups in total. The van der Waals surface area contributed by atoms with E-state index >= 15 is 0 Å². The van der Waals surface area contributed by atoms with E-state index in [1.807, 2.05) is 18.2 Å². The van der Waals surface area contributed by atoms with Gasteiger partial charge in [0.1, 0.15) is 5.75 Å². The summed E-state index contributed by atoms with van der Waals surface area (Å²) in [6.45, 7) is 0.291. The third-order valence-electron chi connectivity index (χ3n) is 4.42. The van der Waals surface area contributed by atoms with Gasteiger partial charge in [0.15, 0.2) is 0 Å². The van der Waals surface area contributed by atoms with Gasteiger partial charge in [0.25, 0.3) is 0 Å². The highest BCUT2D eigenvalue weighted by Gasteiger charge is 2.41. The fourth-order valence-corrected chi connectivity index (χ4v) is 3.86. The highest BCUT2D eigenvalue weighted by Crippen LogP contribution is 2.42. The van der Waals surface area contributed by atoms with Crippen molar-refractivity contribution in [2.24, 2.45) is 5.14 Å². The fraction of sp³-hybridized carbons (Fsp3) is 0.625. The first-order chi connectivity index (χ1) is 11.1. The number of fused-ring (bicyclic) bond motifs is 1. The highest BCUT2D eigenvalue weighted by molar-refractivity contribution is 7.77. The van der Waals surface area contributed by atoms with Crippen LogP contribution in [0.3, 0.4) is 0 Å². The number of nitrogens with two attached hydrogens (primary N) is 1. The van der Waals surface area contributed by atoms with Gasteiger partial charge in [0.05, 0.1) is 17.7 Å². The Balaban J connectivity index is 1.82. The van der Waals surface area contributed by atoms with E-state index in [4.69, 9.17) is 30.4 Å². The molecule has 3 rings (SSSR count). The van der Waals surface area contributed by atoms with Crippen molar-refractivity contribution in [2.45, 2.75) is 56.8 Å². The molecule has 7 heteroatoms. The molecule has 1 aliphatic heterocycles. The minimum atomic E-state index is -1.74. The molecule has 1 aromatic carbocycles. The number of rotatable bonds is 4. The maximum atomic E-state index is 10.9. The number of hydrogen-bond donors (Lipinski definition) is 1. The molecule has 2 aliphatic rings. The van der Waals surface area contributed by atoms with Crippen molar-refractivity contribution >= 4 is 22.9 Å². The fourth-order valence-electron chi connectivity index (χ4n) is 3.36. The summed E-state index contributed by atoms with van der Waals surface area (Å²) in [4.78, 5) is 0. The van der Waals surface area contributed by atoms with Gasteiger partial charge in [-0.15, -0.1) is 0 Å². The normalized spacial score (nSPS) is 24.5. The van der Waals surface area contributed by atoms with E-state index in [2.05, 4.69) is 0 Å². The number of halogens is 1. The predicted octanol–water partition coefficient (Wildman–Crippen LogP) is 3.26. The molecule has 1 heterocycles. The zero-order valence-corrected chi connectivity index (χ0v) is 14.5. The molecule has 0 radical (unpaired) electrons. The molecule has 1 aromatic rings. The number of ether oxygens (including phenoxy) is 2. The number of benzene rings is 1. The van der Waals surface area contributed by atoms with E-state index in [1.54, 1.807) is 0 Å². The lowest BCUT2D eigenvalue weighted by Gasteiger charge is -2.38. The second-order valence-electron chi connectivity index (χ2n) is 6.12. The maximum absolute atomic E-state index is 10.9. The van der Waals surface area contributed by atoms with E-state index in [0.717, 1.165) is 37.0 Å². The van der Waals surface area contributed by atoms with Gasteiger partial charge in [-0.3, -0.25) is 4.18 Å². The summed E-state index contributed by atoms with van der Waals surface area (Å²) >= 11 is 4.60. The minimum Gasteiger partial charge on any atom is -0.461 e. The van der Waals surface area contributed by atoms with E-state index in [9.17, 15) is 4.21 Å². The molecule has 1 saturated carbocycles. The molecule has 0 saturated heterocycles. The molecule has 128 valence electrons. The Bertz CT molecular complexity index is 577. The van der Waals surface area contributed by atoms with Gasteiger partial charge in [-0.05, 0) is 30.9 Å². The van der Waals surface area contributed by atoms with Crippen LogP contribution in [-0.4, -0.2) is 22.7 Å². The Morgan fingerprint density at radius 3 is 2.87 bits per heavy atom. The van der Waals surface area contributed by atoms with Crippen molar-refractivity contribution in [3.05, 3.63) is 28.8 Å². The molecular weight excluding hydrogens is 338 g/mol. The van der Waals surface area contributed by atoms with Crippen LogP contribution in [0.15, 0.2) is 18.2 Å². The molecule has 0 aromatic heterocycles. The first kappa shape index (κ1) is 17.2. The van der Waals surface area contributed by atoms with Gasteiger partial charge >= 0.3 is 0 Å². The summed E-state index contributed by atoms with van der Waals surface area (Å²) in [6, 6.07) is 5.78. The van der Waals surface area contributed by atoms with Gasteiger partial charge in [-0.2, -0.15) is 0 Å². The number of para-hydroxylation sites is 1. The summed E-state index contributed by atoms with van der Waals surface area (Å²) in [5, 5.41) is 5.76. The summed E-state index contributed by atoms with van der Waals surface area (Å²) < 4.78 is 28.5. The third-order valence-corrected chi connectivity index (χ3v) is 5.12. The Kier molecular flexibility index (Phi) is 5.59. The molecule has 23 heavy (non-hydrogen) atoms. The molecule has 1 spiro atoms. The van der Waals surface area contributed by atoms with E-state index in [0.29, 0.717) is 24.5 Å². The minimum absolute atomic E-state index is 0.0728. The Hall–Kier alpha value is -0.660. The molecular formula is C16H22ClNO4S. The maximum Gasteiger partial charge on any atom is 0.231 e. The van der Waals surface area contributed by atoms with Crippen LogP contribution in [0.25, 0.3) is 0 Å². The molecule has 0 amide bonds. The van der Waals surface area contributed by atoms with Crippen LogP contribution in [0.4, 0.5) is 0 Å². The monoisotopic (exact) mass is 359 g/mol. The van der Waals surface area contributed by atoms with Crippen LogP contribution in [-0.2, 0) is 26.6 Å². The van der Waals surface area contributed by atoms with Crippen molar-refractivity contribution in [1.82, 2.24) is 0 Å². The molecule has 1 fully saturated rings. The summed E-state index contributed by atoms with van der Waals surface area (Å²) in [7, 11) is 0. The van der Waals surface area contributed by atoms with Crippen molar-refractivity contribution in [1.29, 1.82) is 0 Å². The van der Waals surface area contributed by atoms with E-state index in [1.165, 1.54) is 6.42 Å². The van der Waals surface area contributed by atoms with Crippen molar-refractivity contribution in [2.75, 3.05) is 6.61 Å². The molecule has 1 aliphatic carbocycles. The summed E-state index contributed by atoms with van der Waals surface area (Å²) in [5.74, 6) is 0.128. The molecule has 2 unspecified atom stereocenters. The van der Waals surface area contributed by atoms with Crippen molar-refractivity contribution in [3.8, 4) is 5.75 Å². The lowest BCUT2D eigenvalue weighted by Crippen LogP contribution is -2.43. The number of hydrogen-bond acceptors (Lipinski definition) is 4. The van der Waals surface area contributed by atoms with E-state index in [-0.39, 0.29) is 6.10 Å². The quantitative estimate of drug-likeness (QED) is 0.895. The Morgan fingerprint density at radius 1 is 1.35 bits per heavy atom. The van der Waals surface area contributed by atoms with Crippen LogP contribution in [0.2, 0.25) is 5.02 Å². The third kappa shape index (κ3) is 4.25. The zero-order chi connectivity index (χ0) is 16.3. The smallest absolute Gasteiger partial charge is 0.231 e. The first-order valence-corrected chi connectivity index (χ1v) is 9.53. The SMILES string of the molecule is NS(=O)OCCC1Cc2cccc(Cl)c2OC2(CCCCC2)O1. The van der Waals surface area contributed by atoms with Gasteiger partial charge in [0.2, 0.25) is 17.1 Å². The van der Waals surface area contributed by atoms with Crippen LogP contribution in [0.1, 0.15) is 44.1 Å². The van der Waals surface area contributed by atoms with Crippen LogP contribution in [0, 0.1) is 0 Å². The van der Waals surface area contributed by atoms with Gasteiger partial charge in [-0.1, -0.05) is 30.2 Å². The van der Waals surface area contributed by atoms with Crippen molar-refractivity contribution < 1.29 is 17.9 Å². The standard InChI is InChI=1S/C16H22ClNO4S/c17-14-6-4-5-12-11-13(7-10-20-23(18)19)21-16(22-15(12)14)8-2-1-3-9-16/h4-6,13H,1-3,7-11,18H2.